The number of nitrogens with one attached hydrogen (secondary N) is 2. The third-order valence-corrected chi connectivity index (χ3v) is 5.72. The van der Waals surface area contributed by atoms with Crippen molar-refractivity contribution in [1.82, 2.24) is 19.8 Å². The Morgan fingerprint density at radius 2 is 2.00 bits per heavy atom. The minimum absolute atomic E-state index is 0.0517. The zero-order chi connectivity index (χ0) is 16.0. The monoisotopic (exact) mass is 314 g/mol. The molecule has 1 aliphatic rings. The maximum absolute atomic E-state index is 12.6. The average Bonchev–Trinajstić information content (AvgIpc) is 2.56. The van der Waals surface area contributed by atoms with Crippen molar-refractivity contribution < 1.29 is 13.2 Å². The van der Waals surface area contributed by atoms with E-state index in [9.17, 15) is 13.2 Å². The topological polar surface area (TPSA) is 93.1 Å². The minimum Gasteiger partial charge on any atom is -0.350 e. The summed E-state index contributed by atoms with van der Waals surface area (Å²) in [5.74, 6) is -0.0517. The standard InChI is InChI=1S/C13H22N4O3S/c1-8-12(9(2)17(5)15-8)21(19,20)16-10-6-7-11(18)14-13(10,3)4/h10,16H,6-7H2,1-5H3,(H,14,18). The summed E-state index contributed by atoms with van der Waals surface area (Å²) in [5.41, 5.74) is 0.449. The number of hydrogen-bond acceptors (Lipinski definition) is 4. The lowest BCUT2D eigenvalue weighted by molar-refractivity contribution is -0.125. The van der Waals surface area contributed by atoms with E-state index >= 15 is 0 Å². The number of rotatable bonds is 3. The molecule has 2 rings (SSSR count). The Labute approximate surface area is 125 Å². The summed E-state index contributed by atoms with van der Waals surface area (Å²) in [7, 11) is -1.96. The number of aromatic nitrogens is 2. The van der Waals surface area contributed by atoms with Crippen LogP contribution in [0.3, 0.4) is 0 Å². The van der Waals surface area contributed by atoms with Crippen molar-refractivity contribution in [2.45, 2.75) is 57.0 Å². The van der Waals surface area contributed by atoms with E-state index in [4.69, 9.17) is 0 Å². The molecule has 0 radical (unpaired) electrons. The van der Waals surface area contributed by atoms with Crippen LogP contribution >= 0.6 is 0 Å². The Kier molecular flexibility index (Phi) is 3.88. The third kappa shape index (κ3) is 2.96. The second-order valence-electron chi connectivity index (χ2n) is 6.11. The van der Waals surface area contributed by atoms with Gasteiger partial charge in [-0.3, -0.25) is 9.48 Å². The Morgan fingerprint density at radius 3 is 2.48 bits per heavy atom. The first-order valence-electron chi connectivity index (χ1n) is 6.88. The fraction of sp³-hybridized carbons (Fsp3) is 0.692. The second kappa shape index (κ2) is 5.10. The molecule has 1 aromatic heterocycles. The van der Waals surface area contributed by atoms with E-state index in [-0.39, 0.29) is 16.8 Å². The Balaban J connectivity index is 2.32. The predicted octanol–water partition coefficient (Wildman–Crippen LogP) is 0.372. The van der Waals surface area contributed by atoms with Gasteiger partial charge in [-0.05, 0) is 34.1 Å². The van der Waals surface area contributed by atoms with Crippen molar-refractivity contribution in [3.8, 4) is 0 Å². The molecule has 1 aliphatic heterocycles. The zero-order valence-corrected chi connectivity index (χ0v) is 13.8. The van der Waals surface area contributed by atoms with Crippen molar-refractivity contribution in [2.24, 2.45) is 7.05 Å². The zero-order valence-electron chi connectivity index (χ0n) is 13.0. The van der Waals surface area contributed by atoms with Gasteiger partial charge < -0.3 is 5.32 Å². The number of carbonyl (C=O) groups is 1. The molecule has 0 saturated carbocycles. The lowest BCUT2D eigenvalue weighted by Gasteiger charge is -2.39. The van der Waals surface area contributed by atoms with Crippen LogP contribution < -0.4 is 10.0 Å². The molecule has 0 aliphatic carbocycles. The van der Waals surface area contributed by atoms with E-state index in [1.807, 2.05) is 13.8 Å². The summed E-state index contributed by atoms with van der Waals surface area (Å²) < 4.78 is 29.6. The van der Waals surface area contributed by atoms with Gasteiger partial charge in [-0.15, -0.1) is 0 Å². The highest BCUT2D eigenvalue weighted by molar-refractivity contribution is 7.89. The molecule has 0 aromatic carbocycles. The molecule has 2 N–H and O–H groups in total. The van der Waals surface area contributed by atoms with Gasteiger partial charge in [0, 0.05) is 19.5 Å². The summed E-state index contributed by atoms with van der Waals surface area (Å²) in [5, 5.41) is 6.97. The summed E-state index contributed by atoms with van der Waals surface area (Å²) in [6, 6.07) is -0.348. The fourth-order valence-electron chi connectivity index (χ4n) is 2.74. The SMILES string of the molecule is Cc1nn(C)c(C)c1S(=O)(=O)NC1CCC(=O)NC1(C)C. The largest absolute Gasteiger partial charge is 0.350 e. The maximum atomic E-state index is 12.6. The van der Waals surface area contributed by atoms with Crippen LogP contribution in [0, 0.1) is 13.8 Å². The van der Waals surface area contributed by atoms with E-state index in [1.165, 1.54) is 0 Å². The molecule has 1 aromatic rings. The Morgan fingerprint density at radius 1 is 1.38 bits per heavy atom. The molecule has 21 heavy (non-hydrogen) atoms. The van der Waals surface area contributed by atoms with Gasteiger partial charge in [-0.25, -0.2) is 13.1 Å². The van der Waals surface area contributed by atoms with E-state index in [0.717, 1.165) is 0 Å². The van der Waals surface area contributed by atoms with E-state index < -0.39 is 15.6 Å². The number of nitrogens with zero attached hydrogens (tertiary/aromatic N) is 2. The van der Waals surface area contributed by atoms with E-state index in [2.05, 4.69) is 15.1 Å². The number of piperidine rings is 1. The molecular formula is C13H22N4O3S. The first kappa shape index (κ1) is 16.0. The summed E-state index contributed by atoms with van der Waals surface area (Å²) in [6.07, 6.45) is 0.804. The lowest BCUT2D eigenvalue weighted by Crippen LogP contribution is -2.61. The first-order chi connectivity index (χ1) is 9.54. The summed E-state index contributed by atoms with van der Waals surface area (Å²) >= 11 is 0. The van der Waals surface area contributed by atoms with E-state index in [1.54, 1.807) is 25.6 Å². The Hall–Kier alpha value is -1.41. The van der Waals surface area contributed by atoms with Gasteiger partial charge in [0.05, 0.1) is 16.9 Å². The van der Waals surface area contributed by atoms with Crippen LogP contribution in [0.15, 0.2) is 4.90 Å². The number of carbonyl (C=O) groups excluding carboxylic acids is 1. The quantitative estimate of drug-likeness (QED) is 0.843. The molecule has 1 amide bonds. The van der Waals surface area contributed by atoms with Gasteiger partial charge in [0.15, 0.2) is 0 Å². The summed E-state index contributed by atoms with van der Waals surface area (Å²) in [4.78, 5) is 11.7. The Bertz CT molecular complexity index is 676. The molecular weight excluding hydrogens is 292 g/mol. The van der Waals surface area contributed by atoms with Gasteiger partial charge >= 0.3 is 0 Å². The predicted molar refractivity (Wildman–Crippen MR) is 78.2 cm³/mol. The number of sulfonamides is 1. The molecule has 0 spiro atoms. The van der Waals surface area contributed by atoms with Gasteiger partial charge in [0.1, 0.15) is 4.90 Å². The van der Waals surface area contributed by atoms with Crippen LogP contribution in [0.2, 0.25) is 0 Å². The third-order valence-electron chi connectivity index (χ3n) is 4.00. The van der Waals surface area contributed by atoms with Gasteiger partial charge in [-0.1, -0.05) is 0 Å². The van der Waals surface area contributed by atoms with Gasteiger partial charge in [0.2, 0.25) is 15.9 Å². The van der Waals surface area contributed by atoms with Crippen molar-refractivity contribution >= 4 is 15.9 Å². The molecule has 1 saturated heterocycles. The lowest BCUT2D eigenvalue weighted by atomic mass is 9.88. The number of aryl methyl sites for hydroxylation is 2. The molecule has 118 valence electrons. The normalized spacial score (nSPS) is 22.1. The molecule has 0 bridgehead atoms. The van der Waals surface area contributed by atoms with Crippen LogP contribution in [0.25, 0.3) is 0 Å². The summed E-state index contributed by atoms with van der Waals surface area (Å²) in [6.45, 7) is 7.04. The molecule has 7 nitrogen and oxygen atoms in total. The van der Waals surface area contributed by atoms with Crippen molar-refractivity contribution in [3.63, 3.8) is 0 Å². The fourth-order valence-corrected chi connectivity index (χ4v) is 4.60. The highest BCUT2D eigenvalue weighted by Gasteiger charge is 2.39. The maximum Gasteiger partial charge on any atom is 0.244 e. The highest BCUT2D eigenvalue weighted by Crippen LogP contribution is 2.24. The van der Waals surface area contributed by atoms with Crippen LogP contribution in [-0.2, 0) is 21.9 Å². The van der Waals surface area contributed by atoms with E-state index in [0.29, 0.717) is 24.2 Å². The highest BCUT2D eigenvalue weighted by atomic mass is 32.2. The van der Waals surface area contributed by atoms with Crippen LogP contribution in [0.4, 0.5) is 0 Å². The minimum atomic E-state index is -3.67. The van der Waals surface area contributed by atoms with Gasteiger partial charge in [0.25, 0.3) is 0 Å². The van der Waals surface area contributed by atoms with Crippen molar-refractivity contribution in [2.75, 3.05) is 0 Å². The van der Waals surface area contributed by atoms with Crippen molar-refractivity contribution in [1.29, 1.82) is 0 Å². The molecule has 1 unspecified atom stereocenters. The van der Waals surface area contributed by atoms with Crippen molar-refractivity contribution in [3.05, 3.63) is 11.4 Å². The second-order valence-corrected chi connectivity index (χ2v) is 7.76. The number of amides is 1. The van der Waals surface area contributed by atoms with Crippen LogP contribution in [0.5, 0.6) is 0 Å². The molecule has 1 atom stereocenters. The smallest absolute Gasteiger partial charge is 0.244 e. The number of hydrogen-bond donors (Lipinski definition) is 2. The average molecular weight is 314 g/mol. The van der Waals surface area contributed by atoms with Crippen LogP contribution in [-0.4, -0.2) is 35.7 Å². The molecule has 2 heterocycles. The molecule has 8 heteroatoms. The van der Waals surface area contributed by atoms with Gasteiger partial charge in [-0.2, -0.15) is 5.10 Å². The van der Waals surface area contributed by atoms with Crippen LogP contribution in [0.1, 0.15) is 38.1 Å². The first-order valence-corrected chi connectivity index (χ1v) is 8.36. The molecule has 1 fully saturated rings.